The van der Waals surface area contributed by atoms with Crippen LogP contribution in [0.3, 0.4) is 0 Å². The summed E-state index contributed by atoms with van der Waals surface area (Å²) >= 11 is 0. The van der Waals surface area contributed by atoms with Gasteiger partial charge in [0.1, 0.15) is 5.75 Å². The fourth-order valence-electron chi connectivity index (χ4n) is 8.00. The number of nitrogens with zero attached hydrogens (tertiary/aromatic N) is 1. The first-order valence-corrected chi connectivity index (χ1v) is 13.8. The third kappa shape index (κ3) is 3.98. The molecule has 10 nitrogen and oxygen atoms in total. The lowest BCUT2D eigenvalue weighted by atomic mass is 9.49. The lowest BCUT2D eigenvalue weighted by molar-refractivity contribution is -0.197. The number of phenols is 1. The van der Waals surface area contributed by atoms with Crippen molar-refractivity contribution in [2.24, 2.45) is 35.3 Å². The van der Waals surface area contributed by atoms with Gasteiger partial charge in [0.2, 0.25) is 5.91 Å². The Kier molecular flexibility index (Phi) is 7.01. The normalized spacial score (nSPS) is 36.9. The van der Waals surface area contributed by atoms with Gasteiger partial charge in [0.25, 0.3) is 0 Å². The third-order valence-corrected chi connectivity index (χ3v) is 9.76. The van der Waals surface area contributed by atoms with Gasteiger partial charge in [-0.25, -0.2) is 0 Å². The van der Waals surface area contributed by atoms with Crippen molar-refractivity contribution < 1.29 is 39.3 Å². The maximum atomic E-state index is 14.1. The predicted octanol–water partition coefficient (Wildman–Crippen LogP) is 0.739. The van der Waals surface area contributed by atoms with Gasteiger partial charge in [-0.1, -0.05) is 44.2 Å². The molecule has 1 amide bonds. The van der Waals surface area contributed by atoms with E-state index < -0.39 is 76.4 Å². The Morgan fingerprint density at radius 1 is 1.05 bits per heavy atom. The number of aromatic hydroxyl groups is 1. The highest BCUT2D eigenvalue weighted by Crippen LogP contribution is 2.55. The standard InChI is InChI=1S/C29H36N2O8/c1-31(2)22-21-24(34)18-15(12-11-13-7-4-3-5-8-13)14-9-6-10-16(32)17(14)23(33)19(18)26(36)29(21,39)27(37)20(25(22)35)28(30)38/h6,9-10,13,15,18-22,24,32,34,39H,3-5,7-8,11-12H2,1-2H3,(H2,30,38)/t15-,18+,19?,20?,21+,22?,24-,29-/m0/s1. The van der Waals surface area contributed by atoms with Crippen molar-refractivity contribution in [1.29, 1.82) is 0 Å². The molecular formula is C29H36N2O8. The fourth-order valence-corrected chi connectivity index (χ4v) is 8.00. The molecule has 10 heteroatoms. The van der Waals surface area contributed by atoms with Crippen LogP contribution in [0.5, 0.6) is 5.75 Å². The largest absolute Gasteiger partial charge is 0.507 e. The number of Topliss-reactive ketones (excluding diaryl/α,β-unsaturated/α-hetero) is 4. The molecule has 39 heavy (non-hydrogen) atoms. The lowest BCUT2D eigenvalue weighted by Gasteiger charge is -2.56. The SMILES string of the molecule is CN(C)C1C(=O)C(C(N)=O)C(=O)[C@@]2(O)C(=O)C3C(=O)c4c(O)cccc4[C@H](CCC4CCCCC4)[C@H]3[C@H](O)[C@@H]12. The van der Waals surface area contributed by atoms with Crippen LogP contribution >= 0.6 is 0 Å². The van der Waals surface area contributed by atoms with E-state index in [1.165, 1.54) is 31.5 Å². The van der Waals surface area contributed by atoms with E-state index in [0.717, 1.165) is 32.1 Å². The van der Waals surface area contributed by atoms with Crippen LogP contribution in [0.4, 0.5) is 0 Å². The molecule has 4 aliphatic rings. The number of phenolic OH excluding ortho intramolecular Hbond substituents is 1. The molecule has 3 fully saturated rings. The van der Waals surface area contributed by atoms with Crippen LogP contribution in [0.1, 0.15) is 66.8 Å². The molecule has 0 bridgehead atoms. The summed E-state index contributed by atoms with van der Waals surface area (Å²) in [5, 5.41) is 34.4. The topological polar surface area (TPSA) is 175 Å². The monoisotopic (exact) mass is 540 g/mol. The molecule has 4 aliphatic carbocycles. The van der Waals surface area contributed by atoms with E-state index in [0.29, 0.717) is 17.9 Å². The Bertz CT molecular complexity index is 1240. The van der Waals surface area contributed by atoms with E-state index in [9.17, 15) is 39.3 Å². The molecule has 0 saturated heterocycles. The molecule has 0 radical (unpaired) electrons. The Morgan fingerprint density at radius 3 is 2.33 bits per heavy atom. The van der Waals surface area contributed by atoms with Crippen molar-refractivity contribution in [2.75, 3.05) is 14.1 Å². The summed E-state index contributed by atoms with van der Waals surface area (Å²) in [6.07, 6.45) is 5.27. The highest BCUT2D eigenvalue weighted by molar-refractivity contribution is 6.32. The van der Waals surface area contributed by atoms with E-state index >= 15 is 0 Å². The average Bonchev–Trinajstić information content (AvgIpc) is 2.88. The minimum absolute atomic E-state index is 0.0510. The number of carbonyl (C=O) groups excluding carboxylic acids is 5. The molecule has 1 aromatic carbocycles. The van der Waals surface area contributed by atoms with Gasteiger partial charge in [-0.05, 0) is 50.4 Å². The molecule has 0 aliphatic heterocycles. The van der Waals surface area contributed by atoms with Crippen molar-refractivity contribution in [1.82, 2.24) is 4.90 Å². The zero-order chi connectivity index (χ0) is 28.4. The summed E-state index contributed by atoms with van der Waals surface area (Å²) in [4.78, 5) is 68.3. The summed E-state index contributed by atoms with van der Waals surface area (Å²) < 4.78 is 0. The number of aliphatic hydroxyl groups is 2. The number of fused-ring (bicyclic) bond motifs is 3. The third-order valence-electron chi connectivity index (χ3n) is 9.76. The zero-order valence-corrected chi connectivity index (χ0v) is 22.2. The summed E-state index contributed by atoms with van der Waals surface area (Å²) in [5.41, 5.74) is 2.85. The van der Waals surface area contributed by atoms with Gasteiger partial charge in [-0.3, -0.25) is 28.9 Å². The quantitative estimate of drug-likeness (QED) is 0.393. The molecular weight excluding hydrogens is 504 g/mol. The number of hydrogen-bond donors (Lipinski definition) is 4. The highest BCUT2D eigenvalue weighted by Gasteiger charge is 2.73. The number of carbonyl (C=O) groups is 5. The van der Waals surface area contributed by atoms with E-state index in [2.05, 4.69) is 0 Å². The van der Waals surface area contributed by atoms with Gasteiger partial charge in [0.05, 0.1) is 29.5 Å². The van der Waals surface area contributed by atoms with E-state index in [-0.39, 0.29) is 11.3 Å². The minimum Gasteiger partial charge on any atom is -0.507 e. The van der Waals surface area contributed by atoms with Gasteiger partial charge in [-0.2, -0.15) is 0 Å². The maximum absolute atomic E-state index is 14.1. The van der Waals surface area contributed by atoms with Crippen LogP contribution in [0, 0.1) is 29.6 Å². The van der Waals surface area contributed by atoms with E-state index in [4.69, 9.17) is 5.73 Å². The second-order valence-electron chi connectivity index (χ2n) is 12.0. The molecule has 3 unspecified atom stereocenters. The van der Waals surface area contributed by atoms with Crippen molar-refractivity contribution >= 4 is 29.0 Å². The number of rotatable bonds is 5. The molecule has 5 rings (SSSR count). The van der Waals surface area contributed by atoms with Gasteiger partial charge < -0.3 is 21.1 Å². The zero-order valence-electron chi connectivity index (χ0n) is 22.2. The maximum Gasteiger partial charge on any atom is 0.235 e. The second-order valence-corrected chi connectivity index (χ2v) is 12.0. The smallest absolute Gasteiger partial charge is 0.235 e. The number of ketones is 4. The Morgan fingerprint density at radius 2 is 1.72 bits per heavy atom. The molecule has 1 aromatic rings. The first-order valence-electron chi connectivity index (χ1n) is 13.8. The van der Waals surface area contributed by atoms with Crippen molar-refractivity contribution in [3.05, 3.63) is 29.3 Å². The molecule has 3 saturated carbocycles. The number of aliphatic hydroxyl groups excluding tert-OH is 1. The number of benzene rings is 1. The van der Waals surface area contributed by atoms with Crippen LogP contribution in [0.25, 0.3) is 0 Å². The highest BCUT2D eigenvalue weighted by atomic mass is 16.3. The van der Waals surface area contributed by atoms with Gasteiger partial charge in [0.15, 0.2) is 34.7 Å². The lowest BCUT2D eigenvalue weighted by Crippen LogP contribution is -2.77. The van der Waals surface area contributed by atoms with Crippen LogP contribution in [0.15, 0.2) is 18.2 Å². The number of amides is 1. The van der Waals surface area contributed by atoms with Gasteiger partial charge in [-0.15, -0.1) is 0 Å². The van der Waals surface area contributed by atoms with Crippen LogP contribution in [0.2, 0.25) is 0 Å². The number of nitrogens with two attached hydrogens (primary N) is 1. The summed E-state index contributed by atoms with van der Waals surface area (Å²) in [6, 6.07) is 3.28. The van der Waals surface area contributed by atoms with Crippen molar-refractivity contribution in [3.63, 3.8) is 0 Å². The first-order chi connectivity index (χ1) is 18.4. The van der Waals surface area contributed by atoms with Crippen molar-refractivity contribution in [2.45, 2.75) is 68.6 Å². The first kappa shape index (κ1) is 27.6. The van der Waals surface area contributed by atoms with Gasteiger partial charge in [0, 0.05) is 5.92 Å². The summed E-state index contributed by atoms with van der Waals surface area (Å²) in [6.45, 7) is 0. The number of hydrogen-bond acceptors (Lipinski definition) is 9. The fraction of sp³-hybridized carbons (Fsp3) is 0.621. The summed E-state index contributed by atoms with van der Waals surface area (Å²) in [7, 11) is 2.97. The molecule has 0 heterocycles. The molecule has 0 aromatic heterocycles. The average molecular weight is 541 g/mol. The number of likely N-dealkylation sites (N-methyl/N-ethyl adjacent to an activating group) is 1. The Labute approximate surface area is 226 Å². The molecule has 8 atom stereocenters. The predicted molar refractivity (Wildman–Crippen MR) is 138 cm³/mol. The van der Waals surface area contributed by atoms with Crippen LogP contribution < -0.4 is 5.73 Å². The van der Waals surface area contributed by atoms with Crippen LogP contribution in [-0.2, 0) is 19.2 Å². The Hall–Kier alpha value is -2.95. The number of primary amides is 1. The summed E-state index contributed by atoms with van der Waals surface area (Å²) in [5.74, 6) is -12.3. The molecule has 5 N–H and O–H groups in total. The minimum atomic E-state index is -2.98. The second kappa shape index (κ2) is 9.91. The van der Waals surface area contributed by atoms with E-state index in [1.807, 2.05) is 0 Å². The Balaban J connectivity index is 1.65. The van der Waals surface area contributed by atoms with Crippen molar-refractivity contribution in [3.8, 4) is 5.75 Å². The van der Waals surface area contributed by atoms with E-state index in [1.54, 1.807) is 12.1 Å². The molecule has 0 spiro atoms. The van der Waals surface area contributed by atoms with Gasteiger partial charge >= 0.3 is 0 Å². The van der Waals surface area contributed by atoms with Crippen LogP contribution in [-0.4, -0.2) is 81.1 Å². The molecule has 210 valence electrons.